The van der Waals surface area contributed by atoms with E-state index in [0.29, 0.717) is 17.8 Å². The molecule has 0 aliphatic carbocycles. The number of nitrogens with one attached hydrogen (secondary N) is 1. The lowest BCUT2D eigenvalue weighted by Crippen LogP contribution is -2.39. The first-order valence-corrected chi connectivity index (χ1v) is 11.1. The van der Waals surface area contributed by atoms with Gasteiger partial charge in [-0.05, 0) is 65.0 Å². The number of halogens is 6. The molecular weight excluding hydrogens is 482 g/mol. The highest BCUT2D eigenvalue weighted by atomic mass is 19.4. The zero-order valence-electron chi connectivity index (χ0n) is 19.7. The molecule has 13 heteroatoms. The lowest BCUT2D eigenvalue weighted by Gasteiger charge is -2.29. The number of alkyl halides is 6. The maximum Gasteiger partial charge on any atom is 0.490 e. The highest BCUT2D eigenvalue weighted by Gasteiger charge is 2.38. The molecule has 2 N–H and O–H groups in total. The topological polar surface area (TPSA) is 76.1 Å². The van der Waals surface area contributed by atoms with Gasteiger partial charge in [-0.2, -0.15) is 26.3 Å². The van der Waals surface area contributed by atoms with Crippen molar-refractivity contribution in [2.75, 3.05) is 50.5 Å². The summed E-state index contributed by atoms with van der Waals surface area (Å²) in [5.74, 6) is -3.22. The number of hydrogen-bond donors (Lipinski definition) is 2. The summed E-state index contributed by atoms with van der Waals surface area (Å²) < 4.78 is 72.6. The Morgan fingerprint density at radius 2 is 1.74 bits per heavy atom. The van der Waals surface area contributed by atoms with Crippen LogP contribution in [0.5, 0.6) is 0 Å². The first-order valence-electron chi connectivity index (χ1n) is 11.1. The van der Waals surface area contributed by atoms with Crippen LogP contribution in [0.2, 0.25) is 0 Å². The van der Waals surface area contributed by atoms with Crippen molar-refractivity contribution < 1.29 is 41.0 Å². The number of carboxylic acid groups (broad SMARTS) is 1. The monoisotopic (exact) mass is 512 g/mol. The van der Waals surface area contributed by atoms with Crippen LogP contribution >= 0.6 is 0 Å². The normalized spacial score (nSPS) is 21.1. The molecule has 0 saturated carbocycles. The highest BCUT2D eigenvalue weighted by Crippen LogP contribution is 2.38. The van der Waals surface area contributed by atoms with E-state index in [9.17, 15) is 31.1 Å². The van der Waals surface area contributed by atoms with Crippen LogP contribution in [0.4, 0.5) is 37.7 Å². The molecule has 2 saturated heterocycles. The average Bonchev–Trinajstić information content (AvgIpc) is 3.35. The van der Waals surface area contributed by atoms with Gasteiger partial charge in [-0.15, -0.1) is 0 Å². The number of nitrogens with zero attached hydrogens (tertiary/aromatic N) is 3. The van der Waals surface area contributed by atoms with Gasteiger partial charge >= 0.3 is 18.3 Å². The maximum absolute atomic E-state index is 13.6. The molecule has 7 nitrogen and oxygen atoms in total. The molecular formula is C22H30F6N4O3. The van der Waals surface area contributed by atoms with Crippen molar-refractivity contribution in [1.29, 1.82) is 0 Å². The number of amides is 1. The van der Waals surface area contributed by atoms with Crippen LogP contribution in [-0.2, 0) is 15.8 Å². The van der Waals surface area contributed by atoms with Crippen molar-refractivity contribution in [2.45, 2.75) is 50.6 Å². The summed E-state index contributed by atoms with van der Waals surface area (Å²) in [5, 5.41) is 9.52. The number of likely N-dealkylation sites (N-methyl/N-ethyl adjacent to an activating group) is 1. The summed E-state index contributed by atoms with van der Waals surface area (Å²) in [6.45, 7) is 4.82. The molecule has 0 bridgehead atoms. The number of benzene rings is 1. The number of rotatable bonds is 5. The van der Waals surface area contributed by atoms with E-state index in [-0.39, 0.29) is 12.2 Å². The van der Waals surface area contributed by atoms with Crippen molar-refractivity contribution in [3.05, 3.63) is 23.8 Å². The fourth-order valence-electron chi connectivity index (χ4n) is 4.29. The zero-order chi connectivity index (χ0) is 26.6. The van der Waals surface area contributed by atoms with Crippen molar-refractivity contribution in [3.63, 3.8) is 0 Å². The Morgan fingerprint density at radius 1 is 1.11 bits per heavy atom. The van der Waals surface area contributed by atoms with Crippen LogP contribution in [0.1, 0.15) is 31.7 Å². The van der Waals surface area contributed by atoms with E-state index >= 15 is 0 Å². The number of likely N-dealkylation sites (tertiary alicyclic amines) is 1. The van der Waals surface area contributed by atoms with Gasteiger partial charge in [-0.25, -0.2) is 4.79 Å². The van der Waals surface area contributed by atoms with E-state index in [1.54, 1.807) is 25.1 Å². The van der Waals surface area contributed by atoms with Crippen molar-refractivity contribution in [2.24, 2.45) is 0 Å². The second-order valence-electron chi connectivity index (χ2n) is 8.93. The average molecular weight is 512 g/mol. The largest absolute Gasteiger partial charge is 0.490 e. The molecule has 2 unspecified atom stereocenters. The lowest BCUT2D eigenvalue weighted by molar-refractivity contribution is -0.192. The Bertz CT molecular complexity index is 891. The molecule has 1 amide bonds. The van der Waals surface area contributed by atoms with Gasteiger partial charge < -0.3 is 20.2 Å². The Hall–Kier alpha value is -2.54. The quantitative estimate of drug-likeness (QED) is 0.583. The molecule has 0 radical (unpaired) electrons. The predicted octanol–water partition coefficient (Wildman–Crippen LogP) is 3.90. The second-order valence-corrected chi connectivity index (χ2v) is 8.93. The fraction of sp³-hybridized carbons (Fsp3) is 0.636. The van der Waals surface area contributed by atoms with Crippen LogP contribution in [0.3, 0.4) is 0 Å². The van der Waals surface area contributed by atoms with Gasteiger partial charge in [0.05, 0.1) is 17.8 Å². The minimum Gasteiger partial charge on any atom is -0.475 e. The van der Waals surface area contributed by atoms with Crippen LogP contribution in [-0.4, -0.2) is 85.3 Å². The molecule has 2 aliphatic rings. The summed E-state index contributed by atoms with van der Waals surface area (Å²) in [4.78, 5) is 26.9. The molecule has 2 heterocycles. The van der Waals surface area contributed by atoms with E-state index < -0.39 is 29.8 Å². The third kappa shape index (κ3) is 8.27. The molecule has 2 aliphatic heterocycles. The van der Waals surface area contributed by atoms with Crippen molar-refractivity contribution in [1.82, 2.24) is 9.80 Å². The number of hydrogen-bond acceptors (Lipinski definition) is 5. The van der Waals surface area contributed by atoms with Crippen molar-refractivity contribution in [3.8, 4) is 0 Å². The van der Waals surface area contributed by atoms with Crippen LogP contribution in [0.15, 0.2) is 18.2 Å². The van der Waals surface area contributed by atoms with E-state index in [1.807, 2.05) is 4.90 Å². The van der Waals surface area contributed by atoms with Gasteiger partial charge in [0.2, 0.25) is 5.91 Å². The smallest absolute Gasteiger partial charge is 0.475 e. The second kappa shape index (κ2) is 11.5. The predicted molar refractivity (Wildman–Crippen MR) is 118 cm³/mol. The van der Waals surface area contributed by atoms with Gasteiger partial charge in [0.25, 0.3) is 0 Å². The Kier molecular flexibility index (Phi) is 9.40. The van der Waals surface area contributed by atoms with Crippen LogP contribution in [0.25, 0.3) is 0 Å². The molecule has 198 valence electrons. The highest BCUT2D eigenvalue weighted by molar-refractivity contribution is 5.93. The molecule has 0 aromatic heterocycles. The Balaban J connectivity index is 0.000000540. The van der Waals surface area contributed by atoms with Gasteiger partial charge in [0.1, 0.15) is 0 Å². The first-order chi connectivity index (χ1) is 16.1. The van der Waals surface area contributed by atoms with Gasteiger partial charge in [-0.1, -0.05) is 0 Å². The van der Waals surface area contributed by atoms with Crippen molar-refractivity contribution >= 4 is 23.3 Å². The summed E-state index contributed by atoms with van der Waals surface area (Å²) >= 11 is 0. The molecule has 2 fully saturated rings. The molecule has 0 spiro atoms. The third-order valence-electron chi connectivity index (χ3n) is 5.89. The maximum atomic E-state index is 13.6. The summed E-state index contributed by atoms with van der Waals surface area (Å²) in [7, 11) is 3.39. The Labute approximate surface area is 199 Å². The molecule has 2 atom stereocenters. The zero-order valence-corrected chi connectivity index (χ0v) is 19.7. The SMILES string of the molecule is CC1CCCN1C1CCN(c2ccc(NC(=O)CN(C)C)c(C(F)(F)F)c2)C1.O=C(O)C(F)(F)F. The minimum atomic E-state index is -5.08. The Morgan fingerprint density at radius 3 is 2.23 bits per heavy atom. The molecule has 35 heavy (non-hydrogen) atoms. The standard InChI is InChI=1S/C20H29F3N4O.C2HF3O2/c1-14-5-4-9-27(14)16-8-10-26(12-16)15-6-7-18(17(11-15)20(21,22)23)24-19(28)13-25(2)3;3-2(4,5)1(6)7/h6-7,11,14,16H,4-5,8-10,12-13H2,1-3H3,(H,24,28);(H,6,7). The number of aliphatic carboxylic acids is 1. The van der Waals surface area contributed by atoms with E-state index in [4.69, 9.17) is 9.90 Å². The van der Waals surface area contributed by atoms with Crippen LogP contribution < -0.4 is 10.2 Å². The van der Waals surface area contributed by atoms with Gasteiger partial charge in [0.15, 0.2) is 0 Å². The molecule has 1 aromatic rings. The van der Waals surface area contributed by atoms with E-state index in [1.165, 1.54) is 25.0 Å². The first kappa shape index (κ1) is 28.7. The van der Waals surface area contributed by atoms with E-state index in [0.717, 1.165) is 26.1 Å². The lowest BCUT2D eigenvalue weighted by atomic mass is 10.1. The number of anilines is 2. The molecule has 3 rings (SSSR count). The molecule has 1 aromatic carbocycles. The summed E-state index contributed by atoms with van der Waals surface area (Å²) in [6, 6.07) is 5.16. The number of carbonyl (C=O) groups excluding carboxylic acids is 1. The summed E-state index contributed by atoms with van der Waals surface area (Å²) in [5.41, 5.74) is -0.422. The minimum absolute atomic E-state index is 0.0286. The van der Waals surface area contributed by atoms with Crippen LogP contribution in [0, 0.1) is 0 Å². The van der Waals surface area contributed by atoms with Gasteiger partial charge in [-0.3, -0.25) is 9.69 Å². The number of carbonyl (C=O) groups is 2. The fourth-order valence-corrected chi connectivity index (χ4v) is 4.29. The third-order valence-corrected chi connectivity index (χ3v) is 5.89. The summed E-state index contributed by atoms with van der Waals surface area (Å²) in [6.07, 6.45) is -6.26. The number of carboxylic acids is 1. The van der Waals surface area contributed by atoms with E-state index in [2.05, 4.69) is 17.1 Å². The van der Waals surface area contributed by atoms with Gasteiger partial charge in [0, 0.05) is 30.9 Å².